The number of carbonyl (C=O) groups excluding carboxylic acids is 2. The lowest BCUT2D eigenvalue weighted by Gasteiger charge is -2.16. The van der Waals surface area contributed by atoms with Crippen LogP contribution in [0.15, 0.2) is 73.3 Å². The molecule has 0 bridgehead atoms. The first-order chi connectivity index (χ1) is 20.1. The summed E-state index contributed by atoms with van der Waals surface area (Å²) in [5.41, 5.74) is 12.3. The van der Waals surface area contributed by atoms with Crippen molar-refractivity contribution in [3.05, 3.63) is 107 Å². The summed E-state index contributed by atoms with van der Waals surface area (Å²) < 4.78 is 17.0. The minimum atomic E-state index is -0.579. The highest BCUT2D eigenvalue weighted by molar-refractivity contribution is 6.20. The predicted octanol–water partition coefficient (Wildman–Crippen LogP) is 6.28. The number of hydrogen-bond acceptors (Lipinski definition) is 7. The molecule has 0 unspecified atom stereocenters. The molecule has 0 atom stereocenters. The van der Waals surface area contributed by atoms with Gasteiger partial charge in [-0.3, -0.25) is 9.97 Å². The number of benzene rings is 3. The van der Waals surface area contributed by atoms with Crippen molar-refractivity contribution >= 4 is 11.9 Å². The molecule has 0 spiro atoms. The van der Waals surface area contributed by atoms with Gasteiger partial charge in [0.15, 0.2) is 0 Å². The fourth-order valence-electron chi connectivity index (χ4n) is 6.68. The molecule has 2 aromatic heterocycles. The maximum atomic E-state index is 13.1. The largest absolute Gasteiger partial charge is 0.496 e. The molecule has 2 aliphatic carbocycles. The van der Waals surface area contributed by atoms with Crippen LogP contribution in [-0.4, -0.2) is 36.1 Å². The minimum Gasteiger partial charge on any atom is -0.496 e. The van der Waals surface area contributed by atoms with Gasteiger partial charge >= 0.3 is 11.9 Å². The molecule has 3 heterocycles. The van der Waals surface area contributed by atoms with Crippen molar-refractivity contribution < 1.29 is 23.8 Å². The fraction of sp³-hybridized carbons (Fsp3) is 0.118. The highest BCUT2D eigenvalue weighted by Crippen LogP contribution is 2.56. The number of aromatic nitrogens is 2. The van der Waals surface area contributed by atoms with Crippen LogP contribution in [0.4, 0.5) is 0 Å². The molecule has 3 aliphatic rings. The average Bonchev–Trinajstić information content (AvgIpc) is 3.66. The summed E-state index contributed by atoms with van der Waals surface area (Å²) in [6, 6.07) is 16.1. The Morgan fingerprint density at radius 3 is 1.39 bits per heavy atom. The third-order valence-corrected chi connectivity index (χ3v) is 8.41. The van der Waals surface area contributed by atoms with E-state index in [-0.39, 0.29) is 0 Å². The van der Waals surface area contributed by atoms with Crippen molar-refractivity contribution in [3.8, 4) is 56.0 Å². The summed E-state index contributed by atoms with van der Waals surface area (Å²) in [6.45, 7) is 0. The number of fused-ring (bicyclic) bond motifs is 10. The lowest BCUT2D eigenvalue weighted by molar-refractivity contribution is 0.0443. The molecule has 7 nitrogen and oxygen atoms in total. The Balaban J connectivity index is 1.41. The number of nitrogens with zero attached hydrogens (tertiary/aromatic N) is 2. The van der Waals surface area contributed by atoms with Crippen molar-refractivity contribution in [2.45, 2.75) is 12.8 Å². The maximum absolute atomic E-state index is 13.1. The van der Waals surface area contributed by atoms with Gasteiger partial charge in [0.05, 0.1) is 25.3 Å². The van der Waals surface area contributed by atoms with Crippen molar-refractivity contribution in [2.24, 2.45) is 0 Å². The van der Waals surface area contributed by atoms with Gasteiger partial charge in [-0.1, -0.05) is 0 Å². The zero-order valence-corrected chi connectivity index (χ0v) is 22.3. The predicted molar refractivity (Wildman–Crippen MR) is 152 cm³/mol. The first kappa shape index (κ1) is 23.6. The number of carbonyl (C=O) groups is 2. The van der Waals surface area contributed by atoms with E-state index in [9.17, 15) is 9.59 Å². The Morgan fingerprint density at radius 1 is 0.585 bits per heavy atom. The van der Waals surface area contributed by atoms with E-state index in [1.165, 1.54) is 0 Å². The van der Waals surface area contributed by atoms with Gasteiger partial charge in [0.2, 0.25) is 0 Å². The SMILES string of the molecule is COc1cc2c(cc1-c1ccncc1)Cc1c3c(c4c(c1-2)-c1cc(OC)c(-c2ccncc2)cc1C4)C(=O)OC3=O. The van der Waals surface area contributed by atoms with Crippen LogP contribution in [0.2, 0.25) is 0 Å². The van der Waals surface area contributed by atoms with Crippen LogP contribution in [0, 0.1) is 0 Å². The normalized spacial score (nSPS) is 13.7. The van der Waals surface area contributed by atoms with Crippen molar-refractivity contribution in [1.82, 2.24) is 9.97 Å². The fourth-order valence-corrected chi connectivity index (χ4v) is 6.68. The highest BCUT2D eigenvalue weighted by atomic mass is 16.6. The molecule has 0 saturated carbocycles. The Bertz CT molecular complexity index is 1820. The van der Waals surface area contributed by atoms with E-state index >= 15 is 0 Å². The lowest BCUT2D eigenvalue weighted by Crippen LogP contribution is -2.03. The molecular weight excluding hydrogens is 516 g/mol. The molecule has 0 amide bonds. The topological polar surface area (TPSA) is 87.6 Å². The molecule has 0 saturated heterocycles. The molecule has 7 heteroatoms. The van der Waals surface area contributed by atoms with Gasteiger partial charge in [-0.2, -0.15) is 0 Å². The number of pyridine rings is 2. The van der Waals surface area contributed by atoms with Gasteiger partial charge in [0.25, 0.3) is 0 Å². The average molecular weight is 539 g/mol. The van der Waals surface area contributed by atoms with Gasteiger partial charge in [0.1, 0.15) is 11.5 Å². The van der Waals surface area contributed by atoms with Crippen LogP contribution in [0.3, 0.4) is 0 Å². The molecule has 0 N–H and O–H groups in total. The Morgan fingerprint density at radius 2 is 1.00 bits per heavy atom. The van der Waals surface area contributed by atoms with Crippen LogP contribution in [0.25, 0.3) is 44.5 Å². The van der Waals surface area contributed by atoms with Crippen molar-refractivity contribution in [3.63, 3.8) is 0 Å². The second-order valence-corrected chi connectivity index (χ2v) is 10.4. The first-order valence-corrected chi connectivity index (χ1v) is 13.3. The van der Waals surface area contributed by atoms with Crippen LogP contribution in [0.5, 0.6) is 11.5 Å². The Hall–Kier alpha value is -5.30. The molecule has 198 valence electrons. The standard InChI is InChI=1S/C34H22N2O5/c1-39-27-15-23-19(11-21(27)17-3-7-35-8-4-17)13-25-29(23)30-24-16-28(40-2)22(18-5-9-36-10-6-18)12-20(24)14-26(30)32-31(25)33(37)41-34(32)38/h3-12,15-16H,13-14H2,1-2H3. The van der Waals surface area contributed by atoms with Gasteiger partial charge in [-0.05, 0) is 117 Å². The quantitative estimate of drug-likeness (QED) is 0.193. The summed E-state index contributed by atoms with van der Waals surface area (Å²) in [4.78, 5) is 34.5. The number of esters is 2. The second kappa shape index (κ2) is 8.60. The minimum absolute atomic E-state index is 0.388. The monoisotopic (exact) mass is 538 g/mol. The summed E-state index contributed by atoms with van der Waals surface area (Å²) in [6.07, 6.45) is 8.02. The summed E-state index contributed by atoms with van der Waals surface area (Å²) in [7, 11) is 3.32. The number of ether oxygens (including phenoxy) is 3. The second-order valence-electron chi connectivity index (χ2n) is 10.4. The summed E-state index contributed by atoms with van der Waals surface area (Å²) in [5, 5.41) is 0. The molecular formula is C34H22N2O5. The smallest absolute Gasteiger partial charge is 0.347 e. The van der Waals surface area contributed by atoms with Crippen LogP contribution >= 0.6 is 0 Å². The van der Waals surface area contributed by atoms with Gasteiger partial charge in [-0.15, -0.1) is 0 Å². The maximum Gasteiger partial charge on any atom is 0.347 e. The van der Waals surface area contributed by atoms with Crippen LogP contribution in [0.1, 0.15) is 43.0 Å². The van der Waals surface area contributed by atoms with E-state index in [0.717, 1.165) is 78.3 Å². The van der Waals surface area contributed by atoms with E-state index in [2.05, 4.69) is 22.1 Å². The van der Waals surface area contributed by atoms with E-state index in [1.807, 2.05) is 36.4 Å². The van der Waals surface area contributed by atoms with E-state index in [0.29, 0.717) is 24.0 Å². The Labute approximate surface area is 235 Å². The lowest BCUT2D eigenvalue weighted by atomic mass is 9.87. The molecule has 5 aromatic rings. The molecule has 1 aliphatic heterocycles. The molecule has 8 rings (SSSR count). The van der Waals surface area contributed by atoms with Gasteiger partial charge in [-0.25, -0.2) is 9.59 Å². The third kappa shape index (κ3) is 3.26. The molecule has 0 fully saturated rings. The van der Waals surface area contributed by atoms with E-state index in [1.54, 1.807) is 39.0 Å². The Kier molecular flexibility index (Phi) is 4.94. The first-order valence-electron chi connectivity index (χ1n) is 13.3. The molecule has 41 heavy (non-hydrogen) atoms. The van der Waals surface area contributed by atoms with Crippen LogP contribution < -0.4 is 9.47 Å². The highest BCUT2D eigenvalue weighted by Gasteiger charge is 2.43. The van der Waals surface area contributed by atoms with Crippen LogP contribution in [-0.2, 0) is 17.6 Å². The number of methoxy groups -OCH3 is 2. The zero-order valence-electron chi connectivity index (χ0n) is 22.3. The van der Waals surface area contributed by atoms with Crippen molar-refractivity contribution in [1.29, 1.82) is 0 Å². The van der Waals surface area contributed by atoms with Gasteiger partial charge in [0, 0.05) is 35.9 Å². The van der Waals surface area contributed by atoms with Gasteiger partial charge < -0.3 is 14.2 Å². The zero-order chi connectivity index (χ0) is 27.8. The molecule has 0 radical (unpaired) electrons. The van der Waals surface area contributed by atoms with Crippen molar-refractivity contribution in [2.75, 3.05) is 14.2 Å². The van der Waals surface area contributed by atoms with E-state index in [4.69, 9.17) is 14.2 Å². The van der Waals surface area contributed by atoms with E-state index < -0.39 is 11.9 Å². The number of cyclic esters (lactones) is 2. The number of rotatable bonds is 4. The number of hydrogen-bond donors (Lipinski definition) is 0. The third-order valence-electron chi connectivity index (χ3n) is 8.41. The molecule has 3 aromatic carbocycles. The summed E-state index contributed by atoms with van der Waals surface area (Å²) >= 11 is 0. The summed E-state index contributed by atoms with van der Waals surface area (Å²) in [5.74, 6) is 0.285.